The van der Waals surface area contributed by atoms with Crippen molar-refractivity contribution >= 4 is 38.5 Å². The van der Waals surface area contributed by atoms with Crippen LogP contribution < -0.4 is 4.74 Å². The summed E-state index contributed by atoms with van der Waals surface area (Å²) in [4.78, 5) is 12.2. The van der Waals surface area contributed by atoms with Crippen LogP contribution in [0.1, 0.15) is 37.0 Å². The average Bonchev–Trinajstić information content (AvgIpc) is 2.43. The second kappa shape index (κ2) is 9.22. The molecule has 0 amide bonds. The van der Waals surface area contributed by atoms with Crippen LogP contribution in [0, 0.1) is 0 Å². The van der Waals surface area contributed by atoms with Crippen LogP contribution >= 0.6 is 23.2 Å². The molecular formula is C15H20Cl2O2Si. The average molecular weight is 331 g/mol. The maximum Gasteiger partial charge on any atom is 0.247 e. The second-order valence-electron chi connectivity index (χ2n) is 4.64. The lowest BCUT2D eigenvalue weighted by molar-refractivity contribution is 0.0978. The molecule has 20 heavy (non-hydrogen) atoms. The van der Waals surface area contributed by atoms with Crippen molar-refractivity contribution in [1.82, 2.24) is 0 Å². The van der Waals surface area contributed by atoms with Crippen LogP contribution in [0.15, 0.2) is 35.5 Å². The van der Waals surface area contributed by atoms with Gasteiger partial charge in [0, 0.05) is 15.9 Å². The van der Waals surface area contributed by atoms with Crippen molar-refractivity contribution in [2.75, 3.05) is 0 Å². The Morgan fingerprint density at radius 2 is 2.10 bits per heavy atom. The summed E-state index contributed by atoms with van der Waals surface area (Å²) in [7, 11) is -0.180. The number of benzene rings is 1. The third kappa shape index (κ3) is 6.12. The molecule has 1 rings (SSSR count). The zero-order valence-electron chi connectivity index (χ0n) is 11.9. The summed E-state index contributed by atoms with van der Waals surface area (Å²) in [5.74, 6) is 0.538. The number of carbonyl (C=O) groups excluding carboxylic acids is 1. The van der Waals surface area contributed by atoms with Gasteiger partial charge in [0.05, 0.1) is 5.56 Å². The van der Waals surface area contributed by atoms with Crippen molar-refractivity contribution in [2.45, 2.75) is 37.8 Å². The number of hydrogen-bond acceptors (Lipinski definition) is 2. The first kappa shape index (κ1) is 17.3. The number of Topliss-reactive ketones (excluding diaryl/α,β-unsaturated/α-hetero) is 1. The van der Waals surface area contributed by atoms with E-state index in [2.05, 4.69) is 19.9 Å². The molecule has 1 aromatic carbocycles. The molecule has 110 valence electrons. The summed E-state index contributed by atoms with van der Waals surface area (Å²) in [6.07, 6.45) is 3.63. The SMILES string of the molecule is CC=C(C)[SiH2]CCCC(=O)c1ccccc1OC(Cl)Cl. The van der Waals surface area contributed by atoms with E-state index in [0.717, 1.165) is 12.5 Å². The van der Waals surface area contributed by atoms with Crippen molar-refractivity contribution < 1.29 is 9.53 Å². The van der Waals surface area contributed by atoms with Crippen molar-refractivity contribution in [3.05, 3.63) is 41.1 Å². The Balaban J connectivity index is 2.55. The van der Waals surface area contributed by atoms with Gasteiger partial charge >= 0.3 is 0 Å². The summed E-state index contributed by atoms with van der Waals surface area (Å²) < 4.78 is 5.24. The summed E-state index contributed by atoms with van der Waals surface area (Å²) in [5, 5.41) is 0.530. The largest absolute Gasteiger partial charge is 0.460 e. The molecule has 0 heterocycles. The van der Waals surface area contributed by atoms with Gasteiger partial charge < -0.3 is 4.74 Å². The van der Waals surface area contributed by atoms with Crippen molar-refractivity contribution in [3.8, 4) is 5.75 Å². The molecule has 0 saturated carbocycles. The van der Waals surface area contributed by atoms with E-state index in [9.17, 15) is 4.79 Å². The van der Waals surface area contributed by atoms with Gasteiger partial charge in [0.25, 0.3) is 0 Å². The van der Waals surface area contributed by atoms with Crippen molar-refractivity contribution in [3.63, 3.8) is 0 Å². The maximum absolute atomic E-state index is 12.2. The molecule has 0 spiro atoms. The quantitative estimate of drug-likeness (QED) is 0.307. The zero-order valence-corrected chi connectivity index (χ0v) is 14.8. The fourth-order valence-electron chi connectivity index (χ4n) is 1.86. The van der Waals surface area contributed by atoms with Gasteiger partial charge in [0.1, 0.15) is 5.75 Å². The van der Waals surface area contributed by atoms with Crippen molar-refractivity contribution in [1.29, 1.82) is 0 Å². The first-order valence-corrected chi connectivity index (χ1v) is 9.31. The Labute approximate surface area is 132 Å². The first-order chi connectivity index (χ1) is 9.54. The second-order valence-corrected chi connectivity index (χ2v) is 7.98. The topological polar surface area (TPSA) is 26.3 Å². The fourth-order valence-corrected chi connectivity index (χ4v) is 3.40. The highest BCUT2D eigenvalue weighted by molar-refractivity contribution is 6.45. The lowest BCUT2D eigenvalue weighted by atomic mass is 10.1. The molecule has 5 heteroatoms. The molecule has 0 aliphatic heterocycles. The lowest BCUT2D eigenvalue weighted by Crippen LogP contribution is -2.07. The van der Waals surface area contributed by atoms with Crippen LogP contribution in [0.25, 0.3) is 0 Å². The molecule has 0 aliphatic carbocycles. The maximum atomic E-state index is 12.2. The van der Waals surface area contributed by atoms with Gasteiger partial charge in [-0.2, -0.15) is 0 Å². The lowest BCUT2D eigenvalue weighted by Gasteiger charge is -2.10. The number of para-hydroxylation sites is 1. The Hall–Kier alpha value is -0.773. The highest BCUT2D eigenvalue weighted by atomic mass is 35.5. The minimum Gasteiger partial charge on any atom is -0.460 e. The number of ketones is 1. The number of halogens is 2. The predicted molar refractivity (Wildman–Crippen MR) is 88.9 cm³/mol. The number of alkyl halides is 2. The Morgan fingerprint density at radius 1 is 1.40 bits per heavy atom. The number of carbonyl (C=O) groups is 1. The van der Waals surface area contributed by atoms with E-state index >= 15 is 0 Å². The zero-order chi connectivity index (χ0) is 15.0. The first-order valence-electron chi connectivity index (χ1n) is 6.73. The molecule has 0 N–H and O–H groups in total. The third-order valence-electron chi connectivity index (χ3n) is 3.12. The van der Waals surface area contributed by atoms with Gasteiger partial charge in [-0.15, -0.1) is 0 Å². The Kier molecular flexibility index (Phi) is 7.96. The Morgan fingerprint density at radius 3 is 2.75 bits per heavy atom. The monoisotopic (exact) mass is 330 g/mol. The summed E-state index contributed by atoms with van der Waals surface area (Å²) >= 11 is 11.2. The van der Waals surface area contributed by atoms with Gasteiger partial charge in [-0.3, -0.25) is 4.79 Å². The van der Waals surface area contributed by atoms with Gasteiger partial charge in [-0.05, 0) is 32.4 Å². The van der Waals surface area contributed by atoms with Crippen LogP contribution in [0.3, 0.4) is 0 Å². The predicted octanol–water partition coefficient (Wildman–Crippen LogP) is 4.30. The molecular weight excluding hydrogens is 311 g/mol. The number of hydrogen-bond donors (Lipinski definition) is 0. The van der Waals surface area contributed by atoms with E-state index in [-0.39, 0.29) is 15.3 Å². The summed E-state index contributed by atoms with van der Waals surface area (Å²) in [5.41, 5.74) is 0.559. The van der Waals surface area contributed by atoms with Crippen LogP contribution in [0.2, 0.25) is 6.04 Å². The van der Waals surface area contributed by atoms with E-state index in [1.54, 1.807) is 18.2 Å². The summed E-state index contributed by atoms with van der Waals surface area (Å²) in [6.45, 7) is 4.23. The van der Waals surface area contributed by atoms with Gasteiger partial charge in [0.2, 0.25) is 5.02 Å². The van der Waals surface area contributed by atoms with Crippen LogP contribution in [-0.4, -0.2) is 20.3 Å². The van der Waals surface area contributed by atoms with Crippen molar-refractivity contribution in [2.24, 2.45) is 0 Å². The molecule has 0 radical (unpaired) electrons. The molecule has 1 aromatic rings. The van der Waals surface area contributed by atoms with Gasteiger partial charge in [-0.1, -0.05) is 52.7 Å². The number of allylic oxidation sites excluding steroid dienone is 2. The summed E-state index contributed by atoms with van der Waals surface area (Å²) in [6, 6.07) is 8.23. The van der Waals surface area contributed by atoms with E-state index in [1.165, 1.54) is 5.20 Å². The standard InChI is InChI=1S/C15H20Cl2O2Si/c1-3-11(2)20-10-6-8-13(18)12-7-4-5-9-14(12)19-15(16)17/h3-5,7,9,15H,6,8,10,20H2,1-2H3. The molecule has 0 bridgehead atoms. The van der Waals surface area contributed by atoms with E-state index in [1.807, 2.05) is 6.07 Å². The smallest absolute Gasteiger partial charge is 0.247 e. The minimum atomic E-state index is -0.964. The molecule has 0 saturated heterocycles. The van der Waals surface area contributed by atoms with Gasteiger partial charge in [0.15, 0.2) is 5.78 Å². The van der Waals surface area contributed by atoms with Crippen LogP contribution in [-0.2, 0) is 0 Å². The molecule has 0 fully saturated rings. The molecule has 2 nitrogen and oxygen atoms in total. The minimum absolute atomic E-state index is 0.0849. The fraction of sp³-hybridized carbons (Fsp3) is 0.400. The molecule has 0 aromatic heterocycles. The van der Waals surface area contributed by atoms with E-state index in [4.69, 9.17) is 27.9 Å². The third-order valence-corrected chi connectivity index (χ3v) is 5.35. The van der Waals surface area contributed by atoms with E-state index < -0.39 is 5.02 Å². The highest BCUT2D eigenvalue weighted by Crippen LogP contribution is 2.23. The molecule has 0 unspecified atom stereocenters. The van der Waals surface area contributed by atoms with E-state index in [0.29, 0.717) is 17.7 Å². The Bertz CT molecular complexity index is 473. The van der Waals surface area contributed by atoms with Gasteiger partial charge in [-0.25, -0.2) is 0 Å². The van der Waals surface area contributed by atoms with Crippen LogP contribution in [0.5, 0.6) is 5.75 Å². The molecule has 0 aliphatic rings. The normalized spacial score (nSPS) is 12.3. The number of rotatable bonds is 8. The number of ether oxygens (including phenoxy) is 1. The molecule has 0 atom stereocenters. The highest BCUT2D eigenvalue weighted by Gasteiger charge is 2.13. The van der Waals surface area contributed by atoms with Crippen LogP contribution in [0.4, 0.5) is 0 Å².